The molecule has 0 aliphatic carbocycles. The fourth-order valence-electron chi connectivity index (χ4n) is 1.15. The van der Waals surface area contributed by atoms with Crippen LogP contribution in [0, 0.1) is 0 Å². The molecule has 4 aromatic rings. The maximum absolute atomic E-state index is 8.25. The molecule has 4 aromatic heterocycles. The van der Waals surface area contributed by atoms with Gasteiger partial charge in [-0.3, -0.25) is 10.2 Å². The van der Waals surface area contributed by atoms with Crippen molar-refractivity contribution in [3.05, 3.63) is 12.7 Å². The van der Waals surface area contributed by atoms with E-state index >= 15 is 0 Å². The number of nitrogens with zero attached hydrogens (tertiary/aromatic N) is 10. The first kappa shape index (κ1) is 22.9. The van der Waals surface area contributed by atoms with Crippen molar-refractivity contribution in [1.29, 1.82) is 0 Å². The van der Waals surface area contributed by atoms with Crippen LogP contribution in [-0.4, -0.2) is 84.6 Å². The Kier molecular flexibility index (Phi) is 12.1. The van der Waals surface area contributed by atoms with Crippen LogP contribution < -0.4 is 10.2 Å². The maximum Gasteiger partial charge on any atom is 2.00 e. The van der Waals surface area contributed by atoms with E-state index in [2.05, 4.69) is 71.6 Å². The third-order valence-corrected chi connectivity index (χ3v) is 1.94. The average Bonchev–Trinajstić information content (AvgIpc) is 3.48. The van der Waals surface area contributed by atoms with Gasteiger partial charge in [-0.15, -0.1) is 10.2 Å². The van der Waals surface area contributed by atoms with Crippen molar-refractivity contribution < 1.29 is 36.9 Å². The van der Waals surface area contributed by atoms with Gasteiger partial charge >= 0.3 is 17.1 Å². The van der Waals surface area contributed by atoms with Gasteiger partial charge in [-0.1, -0.05) is 0 Å². The monoisotopic (exact) mass is 427 g/mol. The third-order valence-electron chi connectivity index (χ3n) is 1.94. The zero-order valence-corrected chi connectivity index (χ0v) is 13.7. The Labute approximate surface area is 158 Å². The molecule has 0 atom stereocenters. The number of aromatic nitrogens is 14. The van der Waals surface area contributed by atoms with Crippen molar-refractivity contribution in [2.75, 3.05) is 0 Å². The number of hydrogen-bond acceptors (Lipinski definition) is 14. The normalized spacial score (nSPS) is 8.30. The van der Waals surface area contributed by atoms with Crippen molar-refractivity contribution >= 4 is 12.9 Å². The van der Waals surface area contributed by atoms with Crippen molar-refractivity contribution in [2.24, 2.45) is 0 Å². The molecule has 0 unspecified atom stereocenters. The summed E-state index contributed by atoms with van der Waals surface area (Å²) < 4.78 is 0. The first-order chi connectivity index (χ1) is 12.8. The second kappa shape index (κ2) is 14.2. The van der Waals surface area contributed by atoms with Crippen LogP contribution in [0.25, 0.3) is 23.3 Å². The predicted octanol–water partition coefficient (Wildman–Crippen LogP) is -5.30. The summed E-state index contributed by atoms with van der Waals surface area (Å²) in [5.74, 6) is 1.84. The van der Waals surface area contributed by atoms with Crippen LogP contribution in [0.3, 0.4) is 0 Å². The number of aromatic amines is 4. The van der Waals surface area contributed by atoms with Crippen LogP contribution in [0.4, 0.5) is 0 Å². The van der Waals surface area contributed by atoms with Crippen LogP contribution >= 0.6 is 0 Å². The fourth-order valence-corrected chi connectivity index (χ4v) is 1.15. The average molecular weight is 428 g/mol. The molecule has 4 N–H and O–H groups in total. The second-order valence-electron chi connectivity index (χ2n) is 3.34. The first-order valence-corrected chi connectivity index (χ1v) is 6.07. The van der Waals surface area contributed by atoms with Gasteiger partial charge in [-0.2, -0.15) is 10.2 Å². The maximum atomic E-state index is 8.25. The summed E-state index contributed by atoms with van der Waals surface area (Å²) in [6.45, 7) is -1.00. The largest absolute Gasteiger partial charge is 2.00 e. The molecule has 1 radical (unpaired) electrons. The van der Waals surface area contributed by atoms with E-state index in [1.165, 1.54) is 12.7 Å². The molecule has 4 heterocycles. The van der Waals surface area contributed by atoms with E-state index in [0.29, 0.717) is 23.3 Å². The summed E-state index contributed by atoms with van der Waals surface area (Å²) in [4.78, 5) is 24.1. The zero-order valence-electron chi connectivity index (χ0n) is 12.7. The Hall–Kier alpha value is -4.12. The van der Waals surface area contributed by atoms with Gasteiger partial charge in [0, 0.05) is 12.9 Å². The molecular weight excluding hydrogens is 420 g/mol. The van der Waals surface area contributed by atoms with Gasteiger partial charge in [0.2, 0.25) is 23.3 Å². The number of tetrazole rings is 2. The number of hydrogen-bond donors (Lipinski definition) is 4. The summed E-state index contributed by atoms with van der Waals surface area (Å²) >= 11 is 0. The van der Waals surface area contributed by atoms with Crippen LogP contribution in [0.15, 0.2) is 12.7 Å². The van der Waals surface area contributed by atoms with E-state index in [4.69, 9.17) is 19.8 Å². The van der Waals surface area contributed by atoms with Crippen molar-refractivity contribution in [3.8, 4) is 23.3 Å². The standard InChI is InChI=1S/2C3H3N7.2CH2O2.Cu/c2*1-4-2(6-5-1)3-7-9-10-8-3;2*2-1-3;/h2*1H,(H,4,5,6)(H,7,8,9,10);2*1H,(H,2,3);/q;;;;+2/p-2. The summed E-state index contributed by atoms with van der Waals surface area (Å²) in [6, 6.07) is 0. The van der Waals surface area contributed by atoms with Crippen LogP contribution in [0.2, 0.25) is 0 Å². The van der Waals surface area contributed by atoms with Crippen molar-refractivity contribution in [3.63, 3.8) is 0 Å². The molecule has 0 fully saturated rings. The Morgan fingerprint density at radius 3 is 1.37 bits per heavy atom. The number of nitrogens with one attached hydrogen (secondary N) is 4. The van der Waals surface area contributed by atoms with Gasteiger partial charge in [0.25, 0.3) is 0 Å². The molecule has 18 nitrogen and oxygen atoms in total. The number of carboxylic acid groups (broad SMARTS) is 2. The summed E-state index contributed by atoms with van der Waals surface area (Å²) in [5, 5.41) is 54.8. The van der Waals surface area contributed by atoms with Gasteiger partial charge in [-0.05, 0) is 20.9 Å². The smallest absolute Gasteiger partial charge is 0.554 e. The van der Waals surface area contributed by atoms with E-state index in [1.807, 2.05) is 0 Å². The van der Waals surface area contributed by atoms with E-state index in [1.54, 1.807) is 0 Å². The molecule has 0 aromatic carbocycles. The fraction of sp³-hybridized carbons (Fsp3) is 0. The minimum atomic E-state index is -0.500. The summed E-state index contributed by atoms with van der Waals surface area (Å²) in [7, 11) is 0. The van der Waals surface area contributed by atoms with E-state index < -0.39 is 12.9 Å². The van der Waals surface area contributed by atoms with Crippen LogP contribution in [-0.2, 0) is 26.7 Å². The Balaban J connectivity index is 0.000000380. The molecule has 0 saturated carbocycles. The minimum Gasteiger partial charge on any atom is -0.554 e. The number of H-pyrrole nitrogens is 4. The van der Waals surface area contributed by atoms with Gasteiger partial charge in [0.15, 0.2) is 0 Å². The predicted molar refractivity (Wildman–Crippen MR) is 71.2 cm³/mol. The van der Waals surface area contributed by atoms with Gasteiger partial charge in [0.05, 0.1) is 0 Å². The molecule has 0 aliphatic heterocycles. The molecule has 0 saturated heterocycles. The Bertz CT molecular complexity index is 667. The SMILES string of the molecule is O=C[O-].O=C[O-].[Cu+2].c1nc(-c2nnn[nH]2)n[nH]1.c1nc(-c2nnn[nH]2)n[nH]1. The molecule has 19 heteroatoms. The Morgan fingerprint density at radius 2 is 1.15 bits per heavy atom. The molecule has 0 amide bonds. The molecule has 145 valence electrons. The van der Waals surface area contributed by atoms with E-state index in [-0.39, 0.29) is 17.1 Å². The van der Waals surface area contributed by atoms with Crippen molar-refractivity contribution in [1.82, 2.24) is 71.6 Å². The second-order valence-corrected chi connectivity index (χ2v) is 3.34. The summed E-state index contributed by atoms with van der Waals surface area (Å²) in [6.07, 6.45) is 2.91. The molecule has 0 aliphatic rings. The number of rotatable bonds is 2. The van der Waals surface area contributed by atoms with Gasteiger partial charge < -0.3 is 19.8 Å². The van der Waals surface area contributed by atoms with Crippen LogP contribution in [0.5, 0.6) is 0 Å². The molecule has 4 rings (SSSR count). The third kappa shape index (κ3) is 8.51. The summed E-state index contributed by atoms with van der Waals surface area (Å²) in [5.41, 5.74) is 0. The number of carbonyl (C=O) groups excluding carboxylic acids is 2. The zero-order chi connectivity index (χ0) is 19.0. The van der Waals surface area contributed by atoms with Crippen LogP contribution in [0.1, 0.15) is 0 Å². The van der Waals surface area contributed by atoms with Crippen molar-refractivity contribution in [2.45, 2.75) is 0 Å². The Morgan fingerprint density at radius 1 is 0.778 bits per heavy atom. The molecule has 0 spiro atoms. The molecule has 0 bridgehead atoms. The topological polar surface area (TPSA) is 272 Å². The van der Waals surface area contributed by atoms with E-state index in [0.717, 1.165) is 0 Å². The van der Waals surface area contributed by atoms with Gasteiger partial charge in [0.1, 0.15) is 12.7 Å². The van der Waals surface area contributed by atoms with Gasteiger partial charge in [-0.25, -0.2) is 20.2 Å². The minimum absolute atomic E-state index is 0. The quantitative estimate of drug-likeness (QED) is 0.172. The number of carbonyl (C=O) groups is 2. The molecule has 27 heavy (non-hydrogen) atoms. The van der Waals surface area contributed by atoms with E-state index in [9.17, 15) is 0 Å². The first-order valence-electron chi connectivity index (χ1n) is 6.07. The molecular formula is C8H8CuN14O4.